The van der Waals surface area contributed by atoms with Crippen LogP contribution in [0.4, 0.5) is 0 Å². The van der Waals surface area contributed by atoms with Gasteiger partial charge >= 0.3 is 0 Å². The number of hydrogen-bond acceptors (Lipinski definition) is 2. The second-order valence-corrected chi connectivity index (χ2v) is 3.25. The fourth-order valence-corrected chi connectivity index (χ4v) is 1.29. The molecule has 0 saturated carbocycles. The highest BCUT2D eigenvalue weighted by atomic mass is 16.3. The first-order valence-corrected chi connectivity index (χ1v) is 4.62. The molecule has 2 N–H and O–H groups in total. The van der Waals surface area contributed by atoms with Crippen molar-refractivity contribution in [2.24, 2.45) is 0 Å². The van der Waals surface area contributed by atoms with Crippen molar-refractivity contribution in [3.63, 3.8) is 0 Å². The Labute approximate surface area is 78.8 Å². The van der Waals surface area contributed by atoms with Gasteiger partial charge in [-0.1, -0.05) is 24.3 Å². The number of benzene rings is 1. The van der Waals surface area contributed by atoms with Gasteiger partial charge in [0.25, 0.3) is 0 Å². The molecule has 0 radical (unpaired) electrons. The molecule has 0 saturated heterocycles. The zero-order valence-corrected chi connectivity index (χ0v) is 7.90. The van der Waals surface area contributed by atoms with E-state index in [2.05, 4.69) is 0 Å². The number of rotatable bonds is 4. The normalized spacial score (nSPS) is 12.8. The van der Waals surface area contributed by atoms with Gasteiger partial charge in [-0.2, -0.15) is 0 Å². The van der Waals surface area contributed by atoms with Crippen LogP contribution < -0.4 is 0 Å². The third-order valence-corrected chi connectivity index (χ3v) is 2.06. The Bertz CT molecular complexity index is 256. The van der Waals surface area contributed by atoms with Gasteiger partial charge in [0.2, 0.25) is 0 Å². The first-order chi connectivity index (χ1) is 6.24. The molecule has 0 aliphatic rings. The Hall–Kier alpha value is -0.860. The molecule has 1 atom stereocenters. The molecule has 2 nitrogen and oxygen atoms in total. The monoisotopic (exact) mass is 180 g/mol. The SMILES string of the molecule is CC(O)c1cccc(CCCO)c1. The molecule has 0 aromatic heterocycles. The average molecular weight is 180 g/mol. The van der Waals surface area contributed by atoms with E-state index in [1.807, 2.05) is 24.3 Å². The van der Waals surface area contributed by atoms with Crippen LogP contribution >= 0.6 is 0 Å². The third kappa shape index (κ3) is 3.17. The summed E-state index contributed by atoms with van der Waals surface area (Å²) in [6.07, 6.45) is 1.24. The predicted molar refractivity (Wildman–Crippen MR) is 52.5 cm³/mol. The largest absolute Gasteiger partial charge is 0.396 e. The summed E-state index contributed by atoms with van der Waals surface area (Å²) in [5.41, 5.74) is 2.11. The summed E-state index contributed by atoms with van der Waals surface area (Å²) in [5, 5.41) is 18.0. The van der Waals surface area contributed by atoms with Gasteiger partial charge < -0.3 is 10.2 Å². The topological polar surface area (TPSA) is 40.5 Å². The molecule has 1 aromatic rings. The Morgan fingerprint density at radius 2 is 2.15 bits per heavy atom. The Balaban J connectivity index is 2.68. The molecule has 0 aliphatic heterocycles. The minimum atomic E-state index is -0.408. The average Bonchev–Trinajstić information content (AvgIpc) is 2.15. The van der Waals surface area contributed by atoms with Crippen LogP contribution in [-0.2, 0) is 6.42 Å². The lowest BCUT2D eigenvalue weighted by Gasteiger charge is -2.06. The molecule has 1 aromatic carbocycles. The maximum atomic E-state index is 9.32. The lowest BCUT2D eigenvalue weighted by Crippen LogP contribution is -1.94. The summed E-state index contributed by atoms with van der Waals surface area (Å²) < 4.78 is 0. The van der Waals surface area contributed by atoms with Crippen LogP contribution in [0.1, 0.15) is 30.6 Å². The van der Waals surface area contributed by atoms with Gasteiger partial charge in [0.05, 0.1) is 6.10 Å². The standard InChI is InChI=1S/C11H16O2/c1-9(13)11-6-2-4-10(8-11)5-3-7-12/h2,4,6,8-9,12-13H,3,5,7H2,1H3. The van der Waals surface area contributed by atoms with Crippen molar-refractivity contribution in [2.45, 2.75) is 25.9 Å². The van der Waals surface area contributed by atoms with E-state index < -0.39 is 6.10 Å². The summed E-state index contributed by atoms with van der Waals surface area (Å²) in [7, 11) is 0. The molecule has 0 bridgehead atoms. The molecule has 0 amide bonds. The van der Waals surface area contributed by atoms with Crippen molar-refractivity contribution < 1.29 is 10.2 Å². The third-order valence-electron chi connectivity index (χ3n) is 2.06. The van der Waals surface area contributed by atoms with Gasteiger partial charge in [0.15, 0.2) is 0 Å². The van der Waals surface area contributed by atoms with E-state index in [0.29, 0.717) is 0 Å². The molecule has 13 heavy (non-hydrogen) atoms. The number of aryl methyl sites for hydroxylation is 1. The number of aliphatic hydroxyl groups excluding tert-OH is 2. The molecule has 1 unspecified atom stereocenters. The van der Waals surface area contributed by atoms with Crippen LogP contribution in [-0.4, -0.2) is 16.8 Å². The van der Waals surface area contributed by atoms with E-state index >= 15 is 0 Å². The fourth-order valence-electron chi connectivity index (χ4n) is 1.29. The molecule has 72 valence electrons. The lowest BCUT2D eigenvalue weighted by molar-refractivity contribution is 0.199. The fraction of sp³-hybridized carbons (Fsp3) is 0.455. The summed E-state index contributed by atoms with van der Waals surface area (Å²) in [4.78, 5) is 0. The summed E-state index contributed by atoms with van der Waals surface area (Å²) in [6.45, 7) is 1.98. The summed E-state index contributed by atoms with van der Waals surface area (Å²) in [6, 6.07) is 7.85. The second-order valence-electron chi connectivity index (χ2n) is 3.25. The van der Waals surface area contributed by atoms with Gasteiger partial charge in [-0.15, -0.1) is 0 Å². The zero-order chi connectivity index (χ0) is 9.68. The first kappa shape index (κ1) is 10.2. The number of aliphatic hydroxyl groups is 2. The van der Waals surface area contributed by atoms with E-state index in [1.54, 1.807) is 6.92 Å². The van der Waals surface area contributed by atoms with E-state index in [4.69, 9.17) is 5.11 Å². The van der Waals surface area contributed by atoms with Crippen LogP contribution in [0.3, 0.4) is 0 Å². The van der Waals surface area contributed by atoms with Gasteiger partial charge in [-0.3, -0.25) is 0 Å². The quantitative estimate of drug-likeness (QED) is 0.740. The Morgan fingerprint density at radius 1 is 1.38 bits per heavy atom. The lowest BCUT2D eigenvalue weighted by atomic mass is 10.0. The smallest absolute Gasteiger partial charge is 0.0762 e. The van der Waals surface area contributed by atoms with Crippen molar-refractivity contribution in [1.29, 1.82) is 0 Å². The van der Waals surface area contributed by atoms with Crippen LogP contribution in [0, 0.1) is 0 Å². The van der Waals surface area contributed by atoms with Crippen molar-refractivity contribution in [1.82, 2.24) is 0 Å². The number of hydrogen-bond donors (Lipinski definition) is 2. The Morgan fingerprint density at radius 3 is 2.77 bits per heavy atom. The van der Waals surface area contributed by atoms with E-state index in [1.165, 1.54) is 5.56 Å². The minimum absolute atomic E-state index is 0.221. The summed E-state index contributed by atoms with van der Waals surface area (Å²) >= 11 is 0. The maximum absolute atomic E-state index is 9.32. The van der Waals surface area contributed by atoms with E-state index in [9.17, 15) is 5.11 Å². The van der Waals surface area contributed by atoms with Crippen molar-refractivity contribution >= 4 is 0 Å². The van der Waals surface area contributed by atoms with Crippen LogP contribution in [0.25, 0.3) is 0 Å². The minimum Gasteiger partial charge on any atom is -0.396 e. The molecule has 0 fully saturated rings. The second kappa shape index (κ2) is 5.00. The maximum Gasteiger partial charge on any atom is 0.0762 e. The Kier molecular flexibility index (Phi) is 3.93. The van der Waals surface area contributed by atoms with E-state index in [-0.39, 0.29) is 6.61 Å². The van der Waals surface area contributed by atoms with E-state index in [0.717, 1.165) is 18.4 Å². The summed E-state index contributed by atoms with van der Waals surface area (Å²) in [5.74, 6) is 0. The highest BCUT2D eigenvalue weighted by Crippen LogP contribution is 2.14. The molecule has 0 heterocycles. The molecule has 0 spiro atoms. The molecule has 2 heteroatoms. The van der Waals surface area contributed by atoms with Gasteiger partial charge in [-0.25, -0.2) is 0 Å². The molecular weight excluding hydrogens is 164 g/mol. The highest BCUT2D eigenvalue weighted by Gasteiger charge is 2.00. The molecule has 1 rings (SSSR count). The van der Waals surface area contributed by atoms with Gasteiger partial charge in [0.1, 0.15) is 0 Å². The highest BCUT2D eigenvalue weighted by molar-refractivity contribution is 5.24. The van der Waals surface area contributed by atoms with Crippen LogP contribution in [0.2, 0.25) is 0 Å². The predicted octanol–water partition coefficient (Wildman–Crippen LogP) is 1.66. The van der Waals surface area contributed by atoms with Gasteiger partial charge in [0, 0.05) is 6.61 Å². The zero-order valence-electron chi connectivity index (χ0n) is 7.90. The molecular formula is C11H16O2. The van der Waals surface area contributed by atoms with Crippen LogP contribution in [0.5, 0.6) is 0 Å². The first-order valence-electron chi connectivity index (χ1n) is 4.62. The van der Waals surface area contributed by atoms with Gasteiger partial charge in [-0.05, 0) is 30.9 Å². The van der Waals surface area contributed by atoms with Crippen molar-refractivity contribution in [3.05, 3.63) is 35.4 Å². The van der Waals surface area contributed by atoms with Crippen molar-refractivity contribution in [2.75, 3.05) is 6.61 Å². The van der Waals surface area contributed by atoms with Crippen molar-refractivity contribution in [3.8, 4) is 0 Å². The van der Waals surface area contributed by atoms with Crippen LogP contribution in [0.15, 0.2) is 24.3 Å². The molecule has 0 aliphatic carbocycles.